The molecule has 4 heteroatoms. The van der Waals surface area contributed by atoms with E-state index in [-0.39, 0.29) is 11.4 Å². The van der Waals surface area contributed by atoms with Gasteiger partial charge in [-0.1, -0.05) is 0 Å². The van der Waals surface area contributed by atoms with E-state index in [1.165, 1.54) is 0 Å². The second-order valence-electron chi connectivity index (χ2n) is 3.61. The van der Waals surface area contributed by atoms with Crippen molar-refractivity contribution >= 4 is 11.6 Å². The number of halogens is 1. The lowest BCUT2D eigenvalue weighted by Gasteiger charge is -2.39. The number of aliphatic hydroxyl groups is 2. The molecule has 2 N–H and O–H groups in total. The van der Waals surface area contributed by atoms with Crippen molar-refractivity contribution in [3.8, 4) is 0 Å². The van der Waals surface area contributed by atoms with E-state index in [2.05, 4.69) is 0 Å². The second-order valence-corrected chi connectivity index (χ2v) is 4.17. The molecule has 0 aromatic heterocycles. The summed E-state index contributed by atoms with van der Waals surface area (Å²) >= 11 is 5.88. The van der Waals surface area contributed by atoms with Crippen LogP contribution < -0.4 is 0 Å². The summed E-state index contributed by atoms with van der Waals surface area (Å²) in [5.41, 5.74) is 0. The first-order valence-electron chi connectivity index (χ1n) is 4.20. The predicted octanol–water partition coefficient (Wildman–Crippen LogP) is 0.0396. The number of likely N-dealkylation sites (N-methyl/N-ethyl adjacent to an activating group) is 1. The van der Waals surface area contributed by atoms with E-state index in [1.807, 2.05) is 19.0 Å². The first-order chi connectivity index (χ1) is 5.54. The van der Waals surface area contributed by atoms with Crippen LogP contribution in [0.15, 0.2) is 0 Å². The Hall–Kier alpha value is 0.170. The molecule has 0 saturated heterocycles. The molecule has 3 nitrogen and oxygen atoms in total. The summed E-state index contributed by atoms with van der Waals surface area (Å²) in [6, 6.07) is -0.221. The van der Waals surface area contributed by atoms with E-state index in [1.54, 1.807) is 0 Å². The number of rotatable bonds is 1. The molecule has 0 aromatic rings. The van der Waals surface area contributed by atoms with Gasteiger partial charge in [-0.3, -0.25) is 0 Å². The van der Waals surface area contributed by atoms with Gasteiger partial charge in [0, 0.05) is 0 Å². The third kappa shape index (κ3) is 1.91. The van der Waals surface area contributed by atoms with Crippen LogP contribution in [0.2, 0.25) is 0 Å². The van der Waals surface area contributed by atoms with Crippen molar-refractivity contribution < 1.29 is 10.2 Å². The maximum absolute atomic E-state index is 9.64. The molecular weight excluding hydrogens is 178 g/mol. The van der Waals surface area contributed by atoms with Gasteiger partial charge in [-0.2, -0.15) is 0 Å². The van der Waals surface area contributed by atoms with Crippen molar-refractivity contribution in [3.05, 3.63) is 0 Å². The van der Waals surface area contributed by atoms with Gasteiger partial charge in [0.05, 0.1) is 23.6 Å². The first-order valence-corrected chi connectivity index (χ1v) is 4.64. The van der Waals surface area contributed by atoms with E-state index < -0.39 is 12.2 Å². The summed E-state index contributed by atoms with van der Waals surface area (Å²) in [6.07, 6.45) is 0.290. The van der Waals surface area contributed by atoms with Gasteiger partial charge in [-0.05, 0) is 26.9 Å². The highest BCUT2D eigenvalue weighted by Gasteiger charge is 2.37. The normalized spacial score (nSPS) is 43.5. The van der Waals surface area contributed by atoms with Gasteiger partial charge in [0.1, 0.15) is 0 Å². The quantitative estimate of drug-likeness (QED) is 0.578. The van der Waals surface area contributed by atoms with Crippen LogP contribution in [0.3, 0.4) is 0 Å². The predicted molar refractivity (Wildman–Crippen MR) is 48.4 cm³/mol. The summed E-state index contributed by atoms with van der Waals surface area (Å²) in [5, 5.41) is 19.0. The molecule has 1 aliphatic rings. The molecule has 0 radical (unpaired) electrons. The first kappa shape index (κ1) is 10.3. The summed E-state index contributed by atoms with van der Waals surface area (Å²) in [7, 11) is 3.68. The zero-order valence-electron chi connectivity index (χ0n) is 7.44. The number of hydrogen-bond donors (Lipinski definition) is 2. The van der Waals surface area contributed by atoms with Crippen LogP contribution in [-0.2, 0) is 0 Å². The average molecular weight is 194 g/mol. The Kier molecular flexibility index (Phi) is 3.35. The van der Waals surface area contributed by atoms with Crippen molar-refractivity contribution in [1.29, 1.82) is 0 Å². The number of nitrogens with zero attached hydrogens (tertiary/aromatic N) is 1. The molecule has 0 bridgehead atoms. The zero-order valence-corrected chi connectivity index (χ0v) is 8.20. The number of aliphatic hydroxyl groups excluding tert-OH is 2. The molecule has 0 aromatic carbocycles. The molecule has 1 fully saturated rings. The monoisotopic (exact) mass is 193 g/mol. The molecule has 4 atom stereocenters. The Morgan fingerprint density at radius 1 is 1.25 bits per heavy atom. The minimum absolute atomic E-state index is 0.221. The lowest BCUT2D eigenvalue weighted by Crippen LogP contribution is -2.54. The fraction of sp³-hybridized carbons (Fsp3) is 1.00. The van der Waals surface area contributed by atoms with Crippen LogP contribution in [0.4, 0.5) is 0 Å². The smallest absolute Gasteiger partial charge is 0.0883 e. The maximum atomic E-state index is 9.64. The topological polar surface area (TPSA) is 43.7 Å². The maximum Gasteiger partial charge on any atom is 0.0883 e. The molecule has 72 valence electrons. The van der Waals surface area contributed by atoms with Crippen LogP contribution in [0.25, 0.3) is 0 Å². The molecular formula is C8H16ClNO2. The van der Waals surface area contributed by atoms with Crippen molar-refractivity contribution in [1.82, 2.24) is 4.90 Å². The Morgan fingerprint density at radius 3 is 2.25 bits per heavy atom. The zero-order chi connectivity index (χ0) is 9.30. The van der Waals surface area contributed by atoms with E-state index in [9.17, 15) is 10.2 Å². The molecule has 0 unspecified atom stereocenters. The van der Waals surface area contributed by atoms with Gasteiger partial charge in [-0.15, -0.1) is 11.6 Å². The van der Waals surface area contributed by atoms with Crippen molar-refractivity contribution in [3.63, 3.8) is 0 Å². The number of alkyl halides is 1. The minimum atomic E-state index is -0.620. The van der Waals surface area contributed by atoms with E-state index >= 15 is 0 Å². The summed E-state index contributed by atoms with van der Waals surface area (Å²) in [4.78, 5) is 1.82. The molecule has 1 rings (SSSR count). The molecule has 1 saturated carbocycles. The van der Waals surface area contributed by atoms with Crippen LogP contribution in [0.5, 0.6) is 0 Å². The minimum Gasteiger partial charge on any atom is -0.391 e. The van der Waals surface area contributed by atoms with E-state index in [0.717, 1.165) is 0 Å². The lowest BCUT2D eigenvalue weighted by atomic mass is 9.89. The van der Waals surface area contributed by atoms with Gasteiger partial charge in [-0.25, -0.2) is 0 Å². The van der Waals surface area contributed by atoms with Gasteiger partial charge >= 0.3 is 0 Å². The van der Waals surface area contributed by atoms with Crippen molar-refractivity contribution in [2.45, 2.75) is 36.5 Å². The van der Waals surface area contributed by atoms with Crippen molar-refractivity contribution in [2.24, 2.45) is 0 Å². The fourth-order valence-electron chi connectivity index (χ4n) is 1.76. The van der Waals surface area contributed by atoms with Gasteiger partial charge in [0.15, 0.2) is 0 Å². The highest BCUT2D eigenvalue weighted by atomic mass is 35.5. The van der Waals surface area contributed by atoms with Crippen LogP contribution in [0, 0.1) is 0 Å². The number of hydrogen-bond acceptors (Lipinski definition) is 3. The molecule has 0 spiro atoms. The second kappa shape index (κ2) is 3.92. The standard InChI is InChI=1S/C8H16ClNO2/c1-10(2)7-6(11)4-3-5(9)8(7)12/h5-8,11-12H,3-4H2,1-2H3/t5-,6+,7-,8+/m0/s1. The summed E-state index contributed by atoms with van der Waals surface area (Å²) < 4.78 is 0. The third-order valence-electron chi connectivity index (χ3n) is 2.45. The molecule has 0 aliphatic heterocycles. The molecule has 1 aliphatic carbocycles. The Labute approximate surface area is 77.9 Å². The van der Waals surface area contributed by atoms with Crippen LogP contribution >= 0.6 is 11.6 Å². The lowest BCUT2D eigenvalue weighted by molar-refractivity contribution is -0.0369. The van der Waals surface area contributed by atoms with Crippen molar-refractivity contribution in [2.75, 3.05) is 14.1 Å². The van der Waals surface area contributed by atoms with Crippen LogP contribution in [-0.4, -0.2) is 52.8 Å². The Bertz CT molecular complexity index is 154. The SMILES string of the molecule is CN(C)[C@@H]1[C@H](O)[C@@H](Cl)CC[C@H]1O. The molecule has 0 amide bonds. The summed E-state index contributed by atoms with van der Waals surface area (Å²) in [6.45, 7) is 0. The average Bonchev–Trinajstić information content (AvgIpc) is 1.97. The third-order valence-corrected chi connectivity index (χ3v) is 2.93. The van der Waals surface area contributed by atoms with Gasteiger partial charge < -0.3 is 15.1 Å². The highest BCUT2D eigenvalue weighted by Crippen LogP contribution is 2.26. The molecule has 12 heavy (non-hydrogen) atoms. The molecule has 0 heterocycles. The van der Waals surface area contributed by atoms with E-state index in [0.29, 0.717) is 12.8 Å². The van der Waals surface area contributed by atoms with Gasteiger partial charge in [0.25, 0.3) is 0 Å². The Morgan fingerprint density at radius 2 is 1.83 bits per heavy atom. The van der Waals surface area contributed by atoms with Crippen LogP contribution in [0.1, 0.15) is 12.8 Å². The fourth-order valence-corrected chi connectivity index (χ4v) is 2.04. The summed E-state index contributed by atoms with van der Waals surface area (Å²) in [5.74, 6) is 0. The highest BCUT2D eigenvalue weighted by molar-refractivity contribution is 6.21. The largest absolute Gasteiger partial charge is 0.391 e. The van der Waals surface area contributed by atoms with Gasteiger partial charge in [0.2, 0.25) is 0 Å². The Balaban J connectivity index is 2.65. The van der Waals surface area contributed by atoms with E-state index in [4.69, 9.17) is 11.6 Å².